The van der Waals surface area contributed by atoms with E-state index in [2.05, 4.69) is 22.9 Å². The van der Waals surface area contributed by atoms with Gasteiger partial charge in [0.2, 0.25) is 0 Å². The predicted molar refractivity (Wildman–Crippen MR) is 115 cm³/mol. The maximum Gasteiger partial charge on any atom is 0.313 e. The number of rotatable bonds is 10. The number of unbranched alkanes of at least 4 members (excludes halogenated alkanes) is 3. The van der Waals surface area contributed by atoms with Gasteiger partial charge in [-0.3, -0.25) is 14.4 Å². The first kappa shape index (κ1) is 22.1. The molecule has 3 amide bonds. The van der Waals surface area contributed by atoms with E-state index >= 15 is 0 Å². The molecule has 2 aromatic carbocycles. The first-order valence-electron chi connectivity index (χ1n) is 10.1. The van der Waals surface area contributed by atoms with Gasteiger partial charge in [0.05, 0.1) is 11.3 Å². The number of carbonyl (C=O) groups is 3. The van der Waals surface area contributed by atoms with Crippen LogP contribution < -0.4 is 16.0 Å². The molecule has 0 saturated carbocycles. The van der Waals surface area contributed by atoms with Crippen molar-refractivity contribution in [3.05, 3.63) is 65.7 Å². The summed E-state index contributed by atoms with van der Waals surface area (Å²) in [7, 11) is 0. The van der Waals surface area contributed by atoms with E-state index in [0.29, 0.717) is 30.8 Å². The van der Waals surface area contributed by atoms with Crippen molar-refractivity contribution in [3.63, 3.8) is 0 Å². The maximum absolute atomic E-state index is 12.5. The third-order valence-corrected chi connectivity index (χ3v) is 4.48. The molecular formula is C23H29N3O3. The van der Waals surface area contributed by atoms with E-state index in [1.165, 1.54) is 0 Å². The van der Waals surface area contributed by atoms with Crippen LogP contribution in [-0.2, 0) is 16.0 Å². The summed E-state index contributed by atoms with van der Waals surface area (Å²) in [5, 5.41) is 8.00. The number of carbonyl (C=O) groups excluding carboxylic acids is 3. The zero-order valence-electron chi connectivity index (χ0n) is 16.9. The molecule has 2 rings (SSSR count). The lowest BCUT2D eigenvalue weighted by molar-refractivity contribution is -0.136. The monoisotopic (exact) mass is 395 g/mol. The minimum atomic E-state index is -0.773. The van der Waals surface area contributed by atoms with Crippen LogP contribution in [0.3, 0.4) is 0 Å². The van der Waals surface area contributed by atoms with Crippen LogP contribution in [0.4, 0.5) is 5.69 Å². The van der Waals surface area contributed by atoms with E-state index in [4.69, 9.17) is 0 Å². The molecule has 0 radical (unpaired) electrons. The van der Waals surface area contributed by atoms with Crippen molar-refractivity contribution in [2.45, 2.75) is 39.0 Å². The average Bonchev–Trinajstić information content (AvgIpc) is 2.74. The van der Waals surface area contributed by atoms with Gasteiger partial charge in [-0.25, -0.2) is 0 Å². The van der Waals surface area contributed by atoms with Gasteiger partial charge in [-0.1, -0.05) is 68.7 Å². The summed E-state index contributed by atoms with van der Waals surface area (Å²) in [6.07, 6.45) is 4.78. The van der Waals surface area contributed by atoms with Gasteiger partial charge in [0.1, 0.15) is 0 Å². The summed E-state index contributed by atoms with van der Waals surface area (Å²) < 4.78 is 0. The second-order valence-electron chi connectivity index (χ2n) is 6.81. The standard InChI is InChI=1S/C23H29N3O3/c1-2-3-4-10-16-24-22(28)23(29)26-20-14-9-8-13-19(20)21(27)25-17-15-18-11-6-5-7-12-18/h5-9,11-14H,2-4,10,15-17H2,1H3,(H,24,28)(H,25,27)(H,26,29). The highest BCUT2D eigenvalue weighted by atomic mass is 16.2. The molecule has 6 heteroatoms. The van der Waals surface area contributed by atoms with Gasteiger partial charge in [-0.2, -0.15) is 0 Å². The van der Waals surface area contributed by atoms with Crippen molar-refractivity contribution in [2.24, 2.45) is 0 Å². The molecule has 0 atom stereocenters. The van der Waals surface area contributed by atoms with Gasteiger partial charge >= 0.3 is 11.8 Å². The molecule has 0 fully saturated rings. The molecule has 0 aromatic heterocycles. The van der Waals surface area contributed by atoms with E-state index in [1.807, 2.05) is 30.3 Å². The van der Waals surface area contributed by atoms with E-state index in [0.717, 1.165) is 31.2 Å². The second-order valence-corrected chi connectivity index (χ2v) is 6.81. The quantitative estimate of drug-likeness (QED) is 0.426. The lowest BCUT2D eigenvalue weighted by Crippen LogP contribution is -2.36. The summed E-state index contributed by atoms with van der Waals surface area (Å²) in [6.45, 7) is 3.05. The fourth-order valence-electron chi connectivity index (χ4n) is 2.86. The summed E-state index contributed by atoms with van der Waals surface area (Å²) in [5.74, 6) is -1.76. The van der Waals surface area contributed by atoms with Crippen LogP contribution in [-0.4, -0.2) is 30.8 Å². The lowest BCUT2D eigenvalue weighted by atomic mass is 10.1. The lowest BCUT2D eigenvalue weighted by Gasteiger charge is -2.11. The first-order valence-corrected chi connectivity index (χ1v) is 10.1. The van der Waals surface area contributed by atoms with E-state index in [-0.39, 0.29) is 5.91 Å². The Bertz CT molecular complexity index is 806. The summed E-state index contributed by atoms with van der Waals surface area (Å²) >= 11 is 0. The predicted octanol–water partition coefficient (Wildman–Crippen LogP) is 3.29. The number of anilines is 1. The minimum Gasteiger partial charge on any atom is -0.352 e. The van der Waals surface area contributed by atoms with Gasteiger partial charge < -0.3 is 16.0 Å². The molecule has 29 heavy (non-hydrogen) atoms. The molecule has 3 N–H and O–H groups in total. The minimum absolute atomic E-state index is 0.295. The van der Waals surface area contributed by atoms with E-state index < -0.39 is 11.8 Å². The molecular weight excluding hydrogens is 366 g/mol. The van der Waals surface area contributed by atoms with Crippen LogP contribution >= 0.6 is 0 Å². The van der Waals surface area contributed by atoms with Crippen LogP contribution in [0.15, 0.2) is 54.6 Å². The molecule has 0 unspecified atom stereocenters. The number of benzene rings is 2. The molecule has 6 nitrogen and oxygen atoms in total. The van der Waals surface area contributed by atoms with Gasteiger partial charge in [-0.05, 0) is 30.5 Å². The van der Waals surface area contributed by atoms with Crippen molar-refractivity contribution in [3.8, 4) is 0 Å². The highest BCUT2D eigenvalue weighted by molar-refractivity contribution is 6.40. The van der Waals surface area contributed by atoms with Gasteiger partial charge in [0, 0.05) is 13.1 Å². The Kier molecular flexibility index (Phi) is 9.42. The van der Waals surface area contributed by atoms with Crippen LogP contribution in [0.25, 0.3) is 0 Å². The van der Waals surface area contributed by atoms with Crippen LogP contribution in [0.5, 0.6) is 0 Å². The van der Waals surface area contributed by atoms with E-state index in [1.54, 1.807) is 24.3 Å². The smallest absolute Gasteiger partial charge is 0.313 e. The summed E-state index contributed by atoms with van der Waals surface area (Å²) in [5.41, 5.74) is 1.77. The maximum atomic E-state index is 12.5. The fourth-order valence-corrected chi connectivity index (χ4v) is 2.86. The Morgan fingerprint density at radius 2 is 1.48 bits per heavy atom. The topological polar surface area (TPSA) is 87.3 Å². The Labute approximate surface area is 172 Å². The van der Waals surface area contributed by atoms with Crippen molar-refractivity contribution >= 4 is 23.4 Å². The largest absolute Gasteiger partial charge is 0.352 e. The normalized spacial score (nSPS) is 10.2. The van der Waals surface area contributed by atoms with Crippen molar-refractivity contribution in [1.82, 2.24) is 10.6 Å². The van der Waals surface area contributed by atoms with E-state index in [9.17, 15) is 14.4 Å². The Hall–Kier alpha value is -3.15. The molecule has 2 aromatic rings. The van der Waals surface area contributed by atoms with Gasteiger partial charge in [0.25, 0.3) is 5.91 Å². The molecule has 0 spiro atoms. The van der Waals surface area contributed by atoms with Crippen LogP contribution in [0, 0.1) is 0 Å². The van der Waals surface area contributed by atoms with Crippen molar-refractivity contribution < 1.29 is 14.4 Å². The van der Waals surface area contributed by atoms with Gasteiger partial charge in [-0.15, -0.1) is 0 Å². The zero-order valence-corrected chi connectivity index (χ0v) is 16.9. The Morgan fingerprint density at radius 1 is 0.759 bits per heavy atom. The molecule has 0 bridgehead atoms. The number of hydrogen-bond donors (Lipinski definition) is 3. The summed E-state index contributed by atoms with van der Waals surface area (Å²) in [4.78, 5) is 36.6. The summed E-state index contributed by atoms with van der Waals surface area (Å²) in [6, 6.07) is 16.5. The third-order valence-electron chi connectivity index (χ3n) is 4.48. The number of amides is 3. The molecule has 154 valence electrons. The number of hydrogen-bond acceptors (Lipinski definition) is 3. The fraction of sp³-hybridized carbons (Fsp3) is 0.348. The zero-order chi connectivity index (χ0) is 20.9. The highest BCUT2D eigenvalue weighted by Gasteiger charge is 2.17. The SMILES string of the molecule is CCCCCCNC(=O)C(=O)Nc1ccccc1C(=O)NCCc1ccccc1. The van der Waals surface area contributed by atoms with Crippen molar-refractivity contribution in [2.75, 3.05) is 18.4 Å². The second kappa shape index (κ2) is 12.3. The molecule has 0 aliphatic rings. The average molecular weight is 396 g/mol. The van der Waals surface area contributed by atoms with Crippen LogP contribution in [0.1, 0.15) is 48.5 Å². The van der Waals surface area contributed by atoms with Gasteiger partial charge in [0.15, 0.2) is 0 Å². The molecule has 0 saturated heterocycles. The third kappa shape index (κ3) is 7.78. The molecule has 0 aliphatic heterocycles. The highest BCUT2D eigenvalue weighted by Crippen LogP contribution is 2.15. The Balaban J connectivity index is 1.86. The number of para-hydroxylation sites is 1. The molecule has 0 heterocycles. The van der Waals surface area contributed by atoms with Crippen molar-refractivity contribution in [1.29, 1.82) is 0 Å². The first-order chi connectivity index (χ1) is 14.1. The molecule has 0 aliphatic carbocycles. The van der Waals surface area contributed by atoms with Crippen LogP contribution in [0.2, 0.25) is 0 Å². The Morgan fingerprint density at radius 3 is 2.24 bits per heavy atom. The number of nitrogens with one attached hydrogen (secondary N) is 3.